The number of rotatable bonds is 2. The SMILES string of the molecule is CN1CC[C@H](Cn2ccnc2)C1. The maximum Gasteiger partial charge on any atom is 0.0946 e. The molecule has 1 aromatic heterocycles. The Balaban J connectivity index is 1.88. The molecule has 3 heteroatoms. The molecule has 0 aliphatic carbocycles. The lowest BCUT2D eigenvalue weighted by Crippen LogP contribution is -2.16. The van der Waals surface area contributed by atoms with Crippen molar-refractivity contribution in [1.82, 2.24) is 14.5 Å². The maximum absolute atomic E-state index is 4.03. The number of imidazole rings is 1. The summed E-state index contributed by atoms with van der Waals surface area (Å²) in [4.78, 5) is 6.42. The zero-order valence-electron chi connectivity index (χ0n) is 7.48. The summed E-state index contributed by atoms with van der Waals surface area (Å²) in [6.45, 7) is 3.61. The number of nitrogens with zero attached hydrogens (tertiary/aromatic N) is 3. The van der Waals surface area contributed by atoms with E-state index < -0.39 is 0 Å². The quantitative estimate of drug-likeness (QED) is 0.647. The van der Waals surface area contributed by atoms with Crippen molar-refractivity contribution in [1.29, 1.82) is 0 Å². The van der Waals surface area contributed by atoms with E-state index in [2.05, 4.69) is 21.5 Å². The van der Waals surface area contributed by atoms with Gasteiger partial charge in [-0.2, -0.15) is 0 Å². The third kappa shape index (κ3) is 1.67. The molecule has 0 unspecified atom stereocenters. The molecule has 1 aromatic rings. The van der Waals surface area contributed by atoms with E-state index in [1.807, 2.05) is 18.7 Å². The van der Waals surface area contributed by atoms with Gasteiger partial charge in [-0.05, 0) is 25.9 Å². The molecule has 1 saturated heterocycles. The second-order valence-electron chi connectivity index (χ2n) is 3.68. The van der Waals surface area contributed by atoms with Gasteiger partial charge in [0.05, 0.1) is 6.33 Å². The van der Waals surface area contributed by atoms with Gasteiger partial charge in [-0.1, -0.05) is 0 Å². The largest absolute Gasteiger partial charge is 0.337 e. The van der Waals surface area contributed by atoms with E-state index in [1.165, 1.54) is 19.5 Å². The van der Waals surface area contributed by atoms with E-state index >= 15 is 0 Å². The van der Waals surface area contributed by atoms with Crippen LogP contribution in [0, 0.1) is 5.92 Å². The number of hydrogen-bond acceptors (Lipinski definition) is 2. The minimum Gasteiger partial charge on any atom is -0.337 e. The highest BCUT2D eigenvalue weighted by molar-refractivity contribution is 4.79. The number of likely N-dealkylation sites (tertiary alicyclic amines) is 1. The van der Waals surface area contributed by atoms with Gasteiger partial charge in [-0.3, -0.25) is 0 Å². The van der Waals surface area contributed by atoms with Gasteiger partial charge in [0.25, 0.3) is 0 Å². The smallest absolute Gasteiger partial charge is 0.0946 e. The molecule has 1 aliphatic heterocycles. The highest BCUT2D eigenvalue weighted by atomic mass is 15.1. The molecule has 0 N–H and O–H groups in total. The van der Waals surface area contributed by atoms with E-state index in [9.17, 15) is 0 Å². The fourth-order valence-corrected chi connectivity index (χ4v) is 1.87. The van der Waals surface area contributed by atoms with Crippen LogP contribution in [0.15, 0.2) is 18.7 Å². The molecule has 2 rings (SSSR count). The van der Waals surface area contributed by atoms with Crippen molar-refractivity contribution < 1.29 is 0 Å². The van der Waals surface area contributed by atoms with Crippen LogP contribution in [-0.4, -0.2) is 34.6 Å². The molecular formula is C9H15N3. The highest BCUT2D eigenvalue weighted by Crippen LogP contribution is 2.15. The molecule has 66 valence electrons. The lowest BCUT2D eigenvalue weighted by atomic mass is 10.1. The van der Waals surface area contributed by atoms with E-state index in [4.69, 9.17) is 0 Å². The average Bonchev–Trinajstić information content (AvgIpc) is 2.63. The first-order chi connectivity index (χ1) is 5.84. The van der Waals surface area contributed by atoms with Crippen molar-refractivity contribution in [3.63, 3.8) is 0 Å². The lowest BCUT2D eigenvalue weighted by Gasteiger charge is -2.10. The van der Waals surface area contributed by atoms with Crippen LogP contribution in [0.2, 0.25) is 0 Å². The predicted molar refractivity (Wildman–Crippen MR) is 47.8 cm³/mol. The van der Waals surface area contributed by atoms with Gasteiger partial charge in [0.2, 0.25) is 0 Å². The maximum atomic E-state index is 4.03. The molecule has 3 nitrogen and oxygen atoms in total. The van der Waals surface area contributed by atoms with Crippen LogP contribution in [0.4, 0.5) is 0 Å². The summed E-state index contributed by atoms with van der Waals surface area (Å²) in [6.07, 6.45) is 7.12. The summed E-state index contributed by atoms with van der Waals surface area (Å²) in [7, 11) is 2.19. The molecule has 12 heavy (non-hydrogen) atoms. The Morgan fingerprint density at radius 1 is 1.58 bits per heavy atom. The van der Waals surface area contributed by atoms with Crippen LogP contribution in [0.1, 0.15) is 6.42 Å². The summed E-state index contributed by atoms with van der Waals surface area (Å²) < 4.78 is 2.17. The Bertz CT molecular complexity index is 230. The van der Waals surface area contributed by atoms with Crippen LogP contribution >= 0.6 is 0 Å². The summed E-state index contributed by atoms with van der Waals surface area (Å²) in [6, 6.07) is 0. The van der Waals surface area contributed by atoms with E-state index in [0.717, 1.165) is 12.5 Å². The van der Waals surface area contributed by atoms with Crippen LogP contribution < -0.4 is 0 Å². The van der Waals surface area contributed by atoms with Gasteiger partial charge >= 0.3 is 0 Å². The van der Waals surface area contributed by atoms with Crippen molar-refractivity contribution in [2.75, 3.05) is 20.1 Å². The summed E-state index contributed by atoms with van der Waals surface area (Å²) >= 11 is 0. The first-order valence-electron chi connectivity index (χ1n) is 4.49. The standard InChI is InChI=1S/C9H15N3/c1-11-4-2-9(6-11)7-12-5-3-10-8-12/h3,5,8-9H,2,4,6-7H2,1H3/t9-/m0/s1. The molecule has 0 bridgehead atoms. The van der Waals surface area contributed by atoms with Gasteiger partial charge < -0.3 is 9.47 Å². The Hall–Kier alpha value is -0.830. The number of aromatic nitrogens is 2. The molecule has 1 atom stereocenters. The predicted octanol–water partition coefficient (Wildman–Crippen LogP) is 0.835. The first kappa shape index (κ1) is 7.80. The Kier molecular flexibility index (Phi) is 2.13. The van der Waals surface area contributed by atoms with Crippen LogP contribution in [0.3, 0.4) is 0 Å². The highest BCUT2D eigenvalue weighted by Gasteiger charge is 2.19. The molecule has 0 saturated carbocycles. The second kappa shape index (κ2) is 3.27. The van der Waals surface area contributed by atoms with Gasteiger partial charge in [0, 0.05) is 25.5 Å². The van der Waals surface area contributed by atoms with Crippen molar-refractivity contribution in [3.05, 3.63) is 18.7 Å². The molecule has 1 aliphatic rings. The van der Waals surface area contributed by atoms with Crippen molar-refractivity contribution in [3.8, 4) is 0 Å². The molecule has 0 aromatic carbocycles. The third-order valence-corrected chi connectivity index (χ3v) is 2.52. The van der Waals surface area contributed by atoms with Crippen molar-refractivity contribution in [2.24, 2.45) is 5.92 Å². The number of hydrogen-bond donors (Lipinski definition) is 0. The van der Waals surface area contributed by atoms with Gasteiger partial charge in [-0.15, -0.1) is 0 Å². The van der Waals surface area contributed by atoms with Gasteiger partial charge in [0.1, 0.15) is 0 Å². The summed E-state index contributed by atoms with van der Waals surface area (Å²) in [5.41, 5.74) is 0. The second-order valence-corrected chi connectivity index (χ2v) is 3.68. The minimum atomic E-state index is 0.823. The molecule has 0 amide bonds. The van der Waals surface area contributed by atoms with Crippen LogP contribution in [0.5, 0.6) is 0 Å². The first-order valence-corrected chi connectivity index (χ1v) is 4.49. The zero-order chi connectivity index (χ0) is 8.39. The molecule has 1 fully saturated rings. The van der Waals surface area contributed by atoms with Crippen molar-refractivity contribution >= 4 is 0 Å². The molecule has 0 spiro atoms. The van der Waals surface area contributed by atoms with Gasteiger partial charge in [0.15, 0.2) is 0 Å². The average molecular weight is 165 g/mol. The Labute approximate surface area is 73.0 Å². The normalized spacial score (nSPS) is 24.9. The minimum absolute atomic E-state index is 0.823. The lowest BCUT2D eigenvalue weighted by molar-refractivity contribution is 0.378. The Morgan fingerprint density at radius 2 is 2.50 bits per heavy atom. The van der Waals surface area contributed by atoms with E-state index in [0.29, 0.717) is 0 Å². The fourth-order valence-electron chi connectivity index (χ4n) is 1.87. The van der Waals surface area contributed by atoms with Crippen LogP contribution in [0.25, 0.3) is 0 Å². The zero-order valence-corrected chi connectivity index (χ0v) is 7.48. The summed E-state index contributed by atoms with van der Waals surface area (Å²) in [5, 5.41) is 0. The van der Waals surface area contributed by atoms with E-state index in [1.54, 1.807) is 0 Å². The third-order valence-electron chi connectivity index (χ3n) is 2.52. The molecular weight excluding hydrogens is 150 g/mol. The van der Waals surface area contributed by atoms with Gasteiger partial charge in [-0.25, -0.2) is 4.98 Å². The molecule has 2 heterocycles. The van der Waals surface area contributed by atoms with E-state index in [-0.39, 0.29) is 0 Å². The fraction of sp³-hybridized carbons (Fsp3) is 0.667. The topological polar surface area (TPSA) is 21.1 Å². The summed E-state index contributed by atoms with van der Waals surface area (Å²) in [5.74, 6) is 0.823. The monoisotopic (exact) mass is 165 g/mol. The van der Waals surface area contributed by atoms with Crippen LogP contribution in [-0.2, 0) is 6.54 Å². The van der Waals surface area contributed by atoms with Crippen molar-refractivity contribution in [2.45, 2.75) is 13.0 Å². The molecule has 0 radical (unpaired) electrons. The Morgan fingerprint density at radius 3 is 3.08 bits per heavy atom.